The van der Waals surface area contributed by atoms with E-state index in [0.717, 1.165) is 50.9 Å². The summed E-state index contributed by atoms with van der Waals surface area (Å²) in [6.45, 7) is 3.88. The first-order chi connectivity index (χ1) is 12.2. The second kappa shape index (κ2) is 7.24. The Balaban J connectivity index is 1.27. The number of nitrogens with one attached hydrogen (secondary N) is 1. The quantitative estimate of drug-likeness (QED) is 0.880. The molecule has 0 spiro atoms. The van der Waals surface area contributed by atoms with Crippen LogP contribution in [0.3, 0.4) is 0 Å². The van der Waals surface area contributed by atoms with Gasteiger partial charge in [0.05, 0.1) is 0 Å². The van der Waals surface area contributed by atoms with E-state index in [0.29, 0.717) is 12.6 Å². The van der Waals surface area contributed by atoms with Crippen LogP contribution in [0.4, 0.5) is 0 Å². The Morgan fingerprint density at radius 3 is 2.68 bits per heavy atom. The van der Waals surface area contributed by atoms with E-state index < -0.39 is 5.60 Å². The number of benzene rings is 1. The number of likely N-dealkylation sites (tertiary alicyclic amines) is 1. The van der Waals surface area contributed by atoms with Gasteiger partial charge in [0.25, 0.3) is 0 Å². The molecule has 1 aromatic heterocycles. The third kappa shape index (κ3) is 3.76. The highest BCUT2D eigenvalue weighted by Gasteiger charge is 2.36. The Kier molecular flexibility index (Phi) is 4.84. The predicted molar refractivity (Wildman–Crippen MR) is 99.2 cm³/mol. The molecule has 1 atom stereocenters. The first kappa shape index (κ1) is 16.7. The van der Waals surface area contributed by atoms with Crippen LogP contribution in [0.5, 0.6) is 0 Å². The molecule has 2 N–H and O–H groups in total. The fraction of sp³-hybridized carbons (Fsp3) is 0.476. The Morgan fingerprint density at radius 2 is 1.88 bits per heavy atom. The van der Waals surface area contributed by atoms with E-state index in [1.54, 1.807) is 0 Å². The van der Waals surface area contributed by atoms with Gasteiger partial charge >= 0.3 is 0 Å². The van der Waals surface area contributed by atoms with E-state index in [4.69, 9.17) is 0 Å². The summed E-state index contributed by atoms with van der Waals surface area (Å²) in [5.41, 5.74) is 3.07. The fourth-order valence-electron chi connectivity index (χ4n) is 4.21. The minimum atomic E-state index is -0.690. The van der Waals surface area contributed by atoms with Crippen molar-refractivity contribution >= 4 is 0 Å². The second-order valence-corrected chi connectivity index (χ2v) is 7.48. The highest BCUT2D eigenvalue weighted by Crippen LogP contribution is 2.36. The van der Waals surface area contributed by atoms with Crippen LogP contribution in [-0.2, 0) is 18.6 Å². The molecule has 0 radical (unpaired) electrons. The fourth-order valence-corrected chi connectivity index (χ4v) is 4.21. The molecule has 2 heterocycles. The van der Waals surface area contributed by atoms with Crippen molar-refractivity contribution in [1.82, 2.24) is 15.2 Å². The van der Waals surface area contributed by atoms with Crippen LogP contribution in [-0.4, -0.2) is 40.7 Å². The van der Waals surface area contributed by atoms with Crippen molar-refractivity contribution in [3.05, 3.63) is 65.5 Å². The molecule has 0 saturated carbocycles. The smallest absolute Gasteiger partial charge is 0.103 e. The number of aromatic nitrogens is 1. The van der Waals surface area contributed by atoms with Crippen LogP contribution in [0.1, 0.15) is 36.0 Å². The average Bonchev–Trinajstić information content (AvgIpc) is 3.00. The standard InChI is InChI=1S/C21H27N3O/c25-21(10-5-18-3-1-2-4-20(18)21)16-23-19-8-13-24(14-9-19)15-17-6-11-22-12-7-17/h1-4,6-7,11-12,19,23,25H,5,8-10,13-16H2/t21-/m1/s1. The summed E-state index contributed by atoms with van der Waals surface area (Å²) < 4.78 is 0. The molecule has 1 aliphatic heterocycles. The topological polar surface area (TPSA) is 48.4 Å². The Bertz CT molecular complexity index is 697. The third-order valence-corrected chi connectivity index (χ3v) is 5.75. The highest BCUT2D eigenvalue weighted by molar-refractivity contribution is 5.37. The molecule has 4 heteroatoms. The largest absolute Gasteiger partial charge is 0.384 e. The number of rotatable bonds is 5. The molecular weight excluding hydrogens is 310 g/mol. The summed E-state index contributed by atoms with van der Waals surface area (Å²) in [7, 11) is 0. The molecule has 0 unspecified atom stereocenters. The average molecular weight is 337 g/mol. The van der Waals surface area contributed by atoms with Crippen molar-refractivity contribution in [2.75, 3.05) is 19.6 Å². The van der Waals surface area contributed by atoms with Gasteiger partial charge in [0.2, 0.25) is 0 Å². The highest BCUT2D eigenvalue weighted by atomic mass is 16.3. The van der Waals surface area contributed by atoms with E-state index in [1.807, 2.05) is 18.5 Å². The van der Waals surface area contributed by atoms with Gasteiger partial charge < -0.3 is 10.4 Å². The van der Waals surface area contributed by atoms with Gasteiger partial charge in [0.1, 0.15) is 5.60 Å². The van der Waals surface area contributed by atoms with Gasteiger partial charge in [-0.2, -0.15) is 0 Å². The number of pyridine rings is 1. The number of piperidine rings is 1. The molecule has 2 aliphatic rings. The van der Waals surface area contributed by atoms with E-state index in [-0.39, 0.29) is 0 Å². The SMILES string of the molecule is O[C@@]1(CNC2CCN(Cc3ccncc3)CC2)CCc2ccccc21. The summed E-state index contributed by atoms with van der Waals surface area (Å²) >= 11 is 0. The zero-order valence-electron chi connectivity index (χ0n) is 14.7. The zero-order chi connectivity index (χ0) is 17.1. The summed E-state index contributed by atoms with van der Waals surface area (Å²) in [5, 5.41) is 14.7. The lowest BCUT2D eigenvalue weighted by Crippen LogP contribution is -2.46. The van der Waals surface area contributed by atoms with Crippen molar-refractivity contribution in [3.8, 4) is 0 Å². The van der Waals surface area contributed by atoms with E-state index in [2.05, 4.69) is 45.5 Å². The monoisotopic (exact) mass is 337 g/mol. The predicted octanol–water partition coefficient (Wildman–Crippen LogP) is 2.47. The second-order valence-electron chi connectivity index (χ2n) is 7.48. The maximum Gasteiger partial charge on any atom is 0.103 e. The number of aryl methyl sites for hydroxylation is 1. The van der Waals surface area contributed by atoms with E-state index in [1.165, 1.54) is 11.1 Å². The van der Waals surface area contributed by atoms with Gasteiger partial charge in [-0.05, 0) is 67.6 Å². The Labute approximate surface area is 149 Å². The van der Waals surface area contributed by atoms with Gasteiger partial charge in [-0.1, -0.05) is 24.3 Å². The minimum absolute atomic E-state index is 0.505. The Hall–Kier alpha value is -1.75. The van der Waals surface area contributed by atoms with Gasteiger partial charge in [0.15, 0.2) is 0 Å². The summed E-state index contributed by atoms with van der Waals surface area (Å²) in [4.78, 5) is 6.59. The van der Waals surface area contributed by atoms with Gasteiger partial charge in [-0.3, -0.25) is 9.88 Å². The maximum absolute atomic E-state index is 11.0. The summed E-state index contributed by atoms with van der Waals surface area (Å²) in [6, 6.07) is 13.0. The number of aliphatic hydroxyl groups is 1. The maximum atomic E-state index is 11.0. The molecule has 1 aromatic carbocycles. The van der Waals surface area contributed by atoms with Gasteiger partial charge in [0, 0.05) is 31.5 Å². The normalized spacial score (nSPS) is 24.4. The lowest BCUT2D eigenvalue weighted by molar-refractivity contribution is 0.0327. The van der Waals surface area contributed by atoms with Crippen LogP contribution in [0.25, 0.3) is 0 Å². The minimum Gasteiger partial charge on any atom is -0.384 e. The number of nitrogens with zero attached hydrogens (tertiary/aromatic N) is 2. The first-order valence-electron chi connectivity index (χ1n) is 9.38. The van der Waals surface area contributed by atoms with Gasteiger partial charge in [-0.25, -0.2) is 0 Å². The van der Waals surface area contributed by atoms with Crippen molar-refractivity contribution in [2.24, 2.45) is 0 Å². The first-order valence-corrected chi connectivity index (χ1v) is 9.38. The molecule has 4 nitrogen and oxygen atoms in total. The molecule has 0 bridgehead atoms. The molecule has 2 aromatic rings. The molecule has 1 saturated heterocycles. The third-order valence-electron chi connectivity index (χ3n) is 5.75. The number of fused-ring (bicyclic) bond motifs is 1. The molecule has 0 amide bonds. The van der Waals surface area contributed by atoms with Gasteiger partial charge in [-0.15, -0.1) is 0 Å². The molecule has 1 fully saturated rings. The Morgan fingerprint density at radius 1 is 1.12 bits per heavy atom. The molecule has 25 heavy (non-hydrogen) atoms. The van der Waals surface area contributed by atoms with Crippen LogP contribution >= 0.6 is 0 Å². The van der Waals surface area contributed by atoms with Crippen molar-refractivity contribution in [2.45, 2.75) is 43.9 Å². The van der Waals surface area contributed by atoms with Crippen molar-refractivity contribution in [3.63, 3.8) is 0 Å². The van der Waals surface area contributed by atoms with Crippen molar-refractivity contribution < 1.29 is 5.11 Å². The molecule has 4 rings (SSSR count). The summed E-state index contributed by atoms with van der Waals surface area (Å²) in [6.07, 6.45) is 7.83. The van der Waals surface area contributed by atoms with Crippen LogP contribution in [0.15, 0.2) is 48.8 Å². The van der Waals surface area contributed by atoms with Crippen molar-refractivity contribution in [1.29, 1.82) is 0 Å². The molecular formula is C21H27N3O. The molecule has 1 aliphatic carbocycles. The lowest BCUT2D eigenvalue weighted by atomic mass is 9.94. The number of hydrogen-bond donors (Lipinski definition) is 2. The lowest BCUT2D eigenvalue weighted by Gasteiger charge is -2.34. The van der Waals surface area contributed by atoms with Crippen LogP contribution in [0, 0.1) is 0 Å². The van der Waals surface area contributed by atoms with Crippen LogP contribution in [0.2, 0.25) is 0 Å². The van der Waals surface area contributed by atoms with E-state index >= 15 is 0 Å². The van der Waals surface area contributed by atoms with E-state index in [9.17, 15) is 5.11 Å². The molecule has 132 valence electrons. The van der Waals surface area contributed by atoms with Crippen LogP contribution < -0.4 is 5.32 Å². The summed E-state index contributed by atoms with van der Waals surface area (Å²) in [5.74, 6) is 0. The zero-order valence-corrected chi connectivity index (χ0v) is 14.7. The number of hydrogen-bond acceptors (Lipinski definition) is 4.